The molecule has 6 nitrogen and oxygen atoms in total. The quantitative estimate of drug-likeness (QED) is 0.300. The van der Waals surface area contributed by atoms with Crippen LogP contribution in [0.25, 0.3) is 11.1 Å². The van der Waals surface area contributed by atoms with Crippen molar-refractivity contribution in [3.63, 3.8) is 0 Å². The van der Waals surface area contributed by atoms with Crippen molar-refractivity contribution >= 4 is 29.1 Å². The van der Waals surface area contributed by atoms with Crippen LogP contribution in [0, 0.1) is 12.8 Å². The fourth-order valence-corrected chi connectivity index (χ4v) is 5.31. The summed E-state index contributed by atoms with van der Waals surface area (Å²) in [6.07, 6.45) is 8.56. The third-order valence-electron chi connectivity index (χ3n) is 7.50. The molecular weight excluding hydrogens is 462 g/mol. The van der Waals surface area contributed by atoms with Crippen LogP contribution in [0.1, 0.15) is 60.9 Å². The molecule has 5 rings (SSSR count). The van der Waals surface area contributed by atoms with E-state index in [2.05, 4.69) is 21.6 Å². The van der Waals surface area contributed by atoms with Crippen molar-refractivity contribution in [3.05, 3.63) is 77.9 Å². The van der Waals surface area contributed by atoms with E-state index in [0.29, 0.717) is 23.2 Å². The minimum absolute atomic E-state index is 0.243. The Morgan fingerprint density at radius 2 is 1.62 bits per heavy atom. The minimum atomic E-state index is -0.969. The van der Waals surface area contributed by atoms with Gasteiger partial charge in [-0.05, 0) is 80.0 Å². The molecule has 0 unspecified atom stereocenters. The molecule has 3 aromatic rings. The number of anilines is 3. The molecule has 2 aliphatic rings. The van der Waals surface area contributed by atoms with Gasteiger partial charge in [-0.1, -0.05) is 61.2 Å². The van der Waals surface area contributed by atoms with Crippen LogP contribution < -0.4 is 15.5 Å². The second-order valence-corrected chi connectivity index (χ2v) is 10.4. The van der Waals surface area contributed by atoms with Gasteiger partial charge in [0.05, 0.1) is 16.9 Å². The Labute approximate surface area is 218 Å². The normalized spacial score (nSPS) is 15.7. The highest BCUT2D eigenvalue weighted by atomic mass is 16.4. The number of nitrogens with zero attached hydrogens (tertiary/aromatic N) is 1. The highest BCUT2D eigenvalue weighted by molar-refractivity contribution is 6.03. The summed E-state index contributed by atoms with van der Waals surface area (Å²) in [7, 11) is 0. The molecule has 0 atom stereocenters. The van der Waals surface area contributed by atoms with E-state index in [4.69, 9.17) is 0 Å². The van der Waals surface area contributed by atoms with Crippen molar-refractivity contribution in [2.45, 2.75) is 57.9 Å². The van der Waals surface area contributed by atoms with Crippen LogP contribution in [0.15, 0.2) is 66.7 Å². The zero-order chi connectivity index (χ0) is 25.8. The first-order valence-corrected chi connectivity index (χ1v) is 13.4. The van der Waals surface area contributed by atoms with Crippen LogP contribution in [-0.4, -0.2) is 29.7 Å². The first kappa shape index (κ1) is 24.9. The van der Waals surface area contributed by atoms with Gasteiger partial charge in [-0.25, -0.2) is 9.59 Å². The van der Waals surface area contributed by atoms with Gasteiger partial charge < -0.3 is 20.6 Å². The summed E-state index contributed by atoms with van der Waals surface area (Å²) in [5, 5.41) is 15.8. The number of aromatic carboxylic acids is 1. The van der Waals surface area contributed by atoms with Gasteiger partial charge in [0.15, 0.2) is 0 Å². The number of carbonyl (C=O) groups excluding carboxylic acids is 1. The fraction of sp³-hybridized carbons (Fsp3) is 0.355. The first-order valence-electron chi connectivity index (χ1n) is 13.4. The Balaban J connectivity index is 1.51. The van der Waals surface area contributed by atoms with Gasteiger partial charge in [0.1, 0.15) is 0 Å². The number of amides is 2. The number of aryl methyl sites for hydroxylation is 1. The van der Waals surface area contributed by atoms with E-state index in [1.165, 1.54) is 32.1 Å². The second-order valence-electron chi connectivity index (χ2n) is 10.4. The number of rotatable bonds is 8. The Kier molecular flexibility index (Phi) is 7.45. The Morgan fingerprint density at radius 1 is 0.892 bits per heavy atom. The molecule has 0 spiro atoms. The first-order chi connectivity index (χ1) is 18.0. The summed E-state index contributed by atoms with van der Waals surface area (Å²) in [4.78, 5) is 27.6. The fourth-order valence-electron chi connectivity index (χ4n) is 5.31. The van der Waals surface area contributed by atoms with Gasteiger partial charge in [-0.15, -0.1) is 0 Å². The molecule has 3 aromatic carbocycles. The SMILES string of the molecule is Cc1ccc(NC(=O)Nc2cc(-c3ccccc3C(=O)O)ccc2N(CC2CC2)C2CCCCC2)cc1. The van der Waals surface area contributed by atoms with Gasteiger partial charge in [0.25, 0.3) is 0 Å². The minimum Gasteiger partial charge on any atom is -0.478 e. The molecule has 0 bridgehead atoms. The third-order valence-corrected chi connectivity index (χ3v) is 7.50. The molecule has 0 saturated heterocycles. The maximum atomic E-state index is 13.1. The molecule has 2 fully saturated rings. The standard InChI is InChI=1S/C31H35N3O3/c1-21-11-16-24(17-12-21)32-31(37)33-28-19-23(26-9-5-6-10-27(26)30(35)36)15-18-29(28)34(20-22-13-14-22)25-7-3-2-4-8-25/h5-6,9-12,15-19,22,25H,2-4,7-8,13-14,20H2,1H3,(H,35,36)(H2,32,33,37). The molecule has 2 aliphatic carbocycles. The molecule has 6 heteroatoms. The highest BCUT2D eigenvalue weighted by Gasteiger charge is 2.31. The summed E-state index contributed by atoms with van der Waals surface area (Å²) in [6.45, 7) is 3.00. The molecule has 0 aliphatic heterocycles. The highest BCUT2D eigenvalue weighted by Crippen LogP contribution is 2.40. The molecule has 0 heterocycles. The molecule has 2 amide bonds. The second kappa shape index (κ2) is 11.1. The molecule has 0 aromatic heterocycles. The maximum absolute atomic E-state index is 13.1. The van der Waals surface area contributed by atoms with E-state index >= 15 is 0 Å². The zero-order valence-corrected chi connectivity index (χ0v) is 21.4. The van der Waals surface area contributed by atoms with Crippen LogP contribution in [0.2, 0.25) is 0 Å². The largest absolute Gasteiger partial charge is 0.478 e. The van der Waals surface area contributed by atoms with E-state index in [9.17, 15) is 14.7 Å². The predicted molar refractivity (Wildman–Crippen MR) is 150 cm³/mol. The number of carboxylic acids is 1. The number of carboxylic acid groups (broad SMARTS) is 1. The van der Waals surface area contributed by atoms with Gasteiger partial charge >= 0.3 is 12.0 Å². The summed E-state index contributed by atoms with van der Waals surface area (Å²) in [5.41, 5.74) is 5.20. The topological polar surface area (TPSA) is 81.7 Å². The van der Waals surface area contributed by atoms with Crippen molar-refractivity contribution in [3.8, 4) is 11.1 Å². The van der Waals surface area contributed by atoms with Crippen LogP contribution >= 0.6 is 0 Å². The number of nitrogens with one attached hydrogen (secondary N) is 2. The monoisotopic (exact) mass is 497 g/mol. The summed E-state index contributed by atoms with van der Waals surface area (Å²) in [5.74, 6) is -0.271. The van der Waals surface area contributed by atoms with Crippen LogP contribution in [0.5, 0.6) is 0 Å². The molecule has 3 N–H and O–H groups in total. The van der Waals surface area contributed by atoms with Crippen LogP contribution in [-0.2, 0) is 0 Å². The molecule has 192 valence electrons. The Hall–Kier alpha value is -3.80. The van der Waals surface area contributed by atoms with E-state index in [1.807, 2.05) is 55.5 Å². The average molecular weight is 498 g/mol. The average Bonchev–Trinajstić information content (AvgIpc) is 3.73. The Morgan fingerprint density at radius 3 is 2.32 bits per heavy atom. The number of benzene rings is 3. The number of hydrogen-bond acceptors (Lipinski definition) is 3. The van der Waals surface area contributed by atoms with Crippen LogP contribution in [0.4, 0.5) is 21.9 Å². The molecular formula is C31H35N3O3. The summed E-state index contributed by atoms with van der Waals surface area (Å²) < 4.78 is 0. The molecule has 2 saturated carbocycles. The number of carbonyl (C=O) groups is 2. The number of urea groups is 1. The van der Waals surface area contributed by atoms with Crippen molar-refractivity contribution in [2.24, 2.45) is 5.92 Å². The van der Waals surface area contributed by atoms with Gasteiger partial charge in [-0.2, -0.15) is 0 Å². The number of hydrogen-bond donors (Lipinski definition) is 3. The predicted octanol–water partition coefficient (Wildman–Crippen LogP) is 7.55. The summed E-state index contributed by atoms with van der Waals surface area (Å²) in [6, 6.07) is 20.8. The van der Waals surface area contributed by atoms with Crippen molar-refractivity contribution < 1.29 is 14.7 Å². The van der Waals surface area contributed by atoms with Gasteiger partial charge in [-0.3, -0.25) is 0 Å². The third kappa shape index (κ3) is 6.13. The summed E-state index contributed by atoms with van der Waals surface area (Å²) >= 11 is 0. The van der Waals surface area contributed by atoms with E-state index in [0.717, 1.165) is 41.9 Å². The lowest BCUT2D eigenvalue weighted by molar-refractivity contribution is 0.0697. The van der Waals surface area contributed by atoms with E-state index in [1.54, 1.807) is 12.1 Å². The van der Waals surface area contributed by atoms with E-state index < -0.39 is 5.97 Å². The van der Waals surface area contributed by atoms with Gasteiger partial charge in [0.2, 0.25) is 0 Å². The lowest BCUT2D eigenvalue weighted by Crippen LogP contribution is -2.39. The Bertz CT molecular complexity index is 1260. The van der Waals surface area contributed by atoms with Crippen molar-refractivity contribution in [1.82, 2.24) is 0 Å². The molecule has 0 radical (unpaired) electrons. The van der Waals surface area contributed by atoms with Gasteiger partial charge in [0, 0.05) is 18.3 Å². The smallest absolute Gasteiger partial charge is 0.336 e. The lowest BCUT2D eigenvalue weighted by Gasteiger charge is -2.37. The maximum Gasteiger partial charge on any atom is 0.336 e. The van der Waals surface area contributed by atoms with Crippen molar-refractivity contribution in [2.75, 3.05) is 22.1 Å². The lowest BCUT2D eigenvalue weighted by atomic mass is 9.92. The van der Waals surface area contributed by atoms with E-state index in [-0.39, 0.29) is 11.6 Å². The van der Waals surface area contributed by atoms with Crippen molar-refractivity contribution in [1.29, 1.82) is 0 Å². The van der Waals surface area contributed by atoms with Crippen LogP contribution in [0.3, 0.4) is 0 Å². The molecule has 37 heavy (non-hydrogen) atoms. The zero-order valence-electron chi connectivity index (χ0n) is 21.4.